The van der Waals surface area contributed by atoms with Crippen molar-refractivity contribution in [2.45, 2.75) is 18.9 Å². The number of rotatable bonds is 1. The van der Waals surface area contributed by atoms with Crippen molar-refractivity contribution in [3.8, 4) is 0 Å². The molecule has 0 bridgehead atoms. The quantitative estimate of drug-likeness (QED) is 0.844. The summed E-state index contributed by atoms with van der Waals surface area (Å²) in [4.78, 5) is 4.16. The summed E-state index contributed by atoms with van der Waals surface area (Å²) in [6, 6.07) is 2.95. The van der Waals surface area contributed by atoms with Gasteiger partial charge in [-0.1, -0.05) is 0 Å². The van der Waals surface area contributed by atoms with E-state index in [0.717, 1.165) is 5.52 Å². The molecule has 0 unspecified atom stereocenters. The second-order valence-electron chi connectivity index (χ2n) is 4.98. The molecular weight excluding hydrogens is 349 g/mol. The minimum Gasteiger partial charge on any atom is -0.369 e. The molecule has 5 nitrogen and oxygen atoms in total. The topological polar surface area (TPSA) is 78.0 Å². The number of imidazole rings is 1. The first kappa shape index (κ1) is 13.8. The van der Waals surface area contributed by atoms with E-state index < -0.39 is 15.7 Å². The summed E-state index contributed by atoms with van der Waals surface area (Å²) in [7, 11) is -2.93. The fourth-order valence-corrected chi connectivity index (χ4v) is 4.43. The molecule has 108 valence electrons. The Balaban J connectivity index is 2.08. The van der Waals surface area contributed by atoms with Crippen LogP contribution in [0.15, 0.2) is 16.6 Å². The molecule has 0 radical (unpaired) electrons. The maximum absolute atomic E-state index is 13.5. The lowest BCUT2D eigenvalue weighted by Gasteiger charge is -2.24. The Bertz CT molecular complexity index is 774. The Labute approximate surface area is 124 Å². The average molecular weight is 362 g/mol. The number of aromatic nitrogens is 2. The van der Waals surface area contributed by atoms with Crippen LogP contribution in [0.4, 0.5) is 10.3 Å². The lowest BCUT2D eigenvalue weighted by molar-refractivity contribution is 0.463. The van der Waals surface area contributed by atoms with Gasteiger partial charge in [0, 0.05) is 12.1 Å². The zero-order chi connectivity index (χ0) is 14.5. The predicted molar refractivity (Wildman–Crippen MR) is 78.7 cm³/mol. The molecule has 2 N–H and O–H groups in total. The van der Waals surface area contributed by atoms with E-state index in [4.69, 9.17) is 5.73 Å². The molecule has 1 fully saturated rings. The van der Waals surface area contributed by atoms with E-state index in [9.17, 15) is 12.8 Å². The molecule has 1 aromatic heterocycles. The minimum atomic E-state index is -2.93. The summed E-state index contributed by atoms with van der Waals surface area (Å²) in [6.45, 7) is 0. The fourth-order valence-electron chi connectivity index (χ4n) is 2.63. The summed E-state index contributed by atoms with van der Waals surface area (Å²) in [5.74, 6) is 0.202. The van der Waals surface area contributed by atoms with Crippen molar-refractivity contribution >= 4 is 42.7 Å². The molecule has 2 heterocycles. The number of hydrogen-bond donors (Lipinski definition) is 1. The Kier molecular flexibility index (Phi) is 3.24. The maximum Gasteiger partial charge on any atom is 0.201 e. The van der Waals surface area contributed by atoms with Gasteiger partial charge >= 0.3 is 0 Å². The summed E-state index contributed by atoms with van der Waals surface area (Å²) < 4.78 is 38.7. The summed E-state index contributed by atoms with van der Waals surface area (Å²) in [5, 5.41) is 0. The number of sulfone groups is 1. The van der Waals surface area contributed by atoms with Gasteiger partial charge in [-0.15, -0.1) is 0 Å². The number of halogens is 2. The molecular formula is C12H13BrFN3O2S. The Morgan fingerprint density at radius 3 is 2.65 bits per heavy atom. The number of nitrogens with zero attached hydrogens (tertiary/aromatic N) is 2. The molecule has 0 spiro atoms. The van der Waals surface area contributed by atoms with Gasteiger partial charge in [0.25, 0.3) is 0 Å². The van der Waals surface area contributed by atoms with Crippen LogP contribution in [0.1, 0.15) is 18.9 Å². The number of nitrogens with two attached hydrogens (primary N) is 1. The number of fused-ring (bicyclic) bond motifs is 1. The predicted octanol–water partition coefficient (Wildman–Crippen LogP) is 2.27. The number of benzene rings is 1. The molecule has 0 amide bonds. The molecule has 1 saturated heterocycles. The largest absolute Gasteiger partial charge is 0.369 e. The summed E-state index contributed by atoms with van der Waals surface area (Å²) in [5.41, 5.74) is 7.12. The third-order valence-corrected chi connectivity index (χ3v) is 5.97. The van der Waals surface area contributed by atoms with E-state index >= 15 is 0 Å². The molecule has 0 saturated carbocycles. The van der Waals surface area contributed by atoms with Crippen molar-refractivity contribution in [2.24, 2.45) is 0 Å². The highest BCUT2D eigenvalue weighted by atomic mass is 79.9. The highest BCUT2D eigenvalue weighted by molar-refractivity contribution is 9.10. The van der Waals surface area contributed by atoms with Crippen LogP contribution >= 0.6 is 15.9 Å². The van der Waals surface area contributed by atoms with Crippen LogP contribution in [-0.4, -0.2) is 29.5 Å². The van der Waals surface area contributed by atoms with Crippen molar-refractivity contribution < 1.29 is 12.8 Å². The molecule has 3 rings (SSSR count). The summed E-state index contributed by atoms with van der Waals surface area (Å²) >= 11 is 3.15. The second-order valence-corrected chi connectivity index (χ2v) is 8.14. The van der Waals surface area contributed by atoms with E-state index in [1.165, 1.54) is 6.07 Å². The fraction of sp³-hybridized carbons (Fsp3) is 0.417. The van der Waals surface area contributed by atoms with Crippen molar-refractivity contribution in [3.05, 3.63) is 22.4 Å². The van der Waals surface area contributed by atoms with Crippen LogP contribution in [0.2, 0.25) is 0 Å². The number of anilines is 1. The molecule has 0 aliphatic carbocycles. The van der Waals surface area contributed by atoms with Gasteiger partial charge in [0.15, 0.2) is 0 Å². The first-order valence-electron chi connectivity index (χ1n) is 6.20. The highest BCUT2D eigenvalue weighted by Gasteiger charge is 2.27. The van der Waals surface area contributed by atoms with Gasteiger partial charge in [-0.3, -0.25) is 0 Å². The third kappa shape index (κ3) is 2.31. The van der Waals surface area contributed by atoms with Gasteiger partial charge in [-0.2, -0.15) is 0 Å². The van der Waals surface area contributed by atoms with Crippen molar-refractivity contribution in [1.29, 1.82) is 0 Å². The van der Waals surface area contributed by atoms with E-state index in [2.05, 4.69) is 20.9 Å². The van der Waals surface area contributed by atoms with Crippen LogP contribution in [0.5, 0.6) is 0 Å². The van der Waals surface area contributed by atoms with E-state index in [0.29, 0.717) is 28.8 Å². The van der Waals surface area contributed by atoms with Crippen LogP contribution in [0, 0.1) is 5.82 Å². The molecule has 0 atom stereocenters. The number of hydrogen-bond acceptors (Lipinski definition) is 4. The van der Waals surface area contributed by atoms with Gasteiger partial charge in [-0.25, -0.2) is 17.8 Å². The highest BCUT2D eigenvalue weighted by Crippen LogP contribution is 2.32. The standard InChI is InChI=1S/C12H13BrFN3O2S/c13-8-5-11-10(6-9(8)14)16-12(15)17(11)7-1-3-20(18,19)4-2-7/h5-7H,1-4H2,(H2,15,16). The van der Waals surface area contributed by atoms with Crippen molar-refractivity contribution in [3.63, 3.8) is 0 Å². The van der Waals surface area contributed by atoms with Gasteiger partial charge < -0.3 is 10.3 Å². The van der Waals surface area contributed by atoms with Gasteiger partial charge in [0.1, 0.15) is 15.7 Å². The zero-order valence-electron chi connectivity index (χ0n) is 10.5. The summed E-state index contributed by atoms with van der Waals surface area (Å²) in [6.07, 6.45) is 1.01. The Morgan fingerprint density at radius 1 is 1.35 bits per heavy atom. The third-order valence-electron chi connectivity index (χ3n) is 3.65. The molecule has 20 heavy (non-hydrogen) atoms. The SMILES string of the molecule is Nc1nc2cc(F)c(Br)cc2n1C1CCS(=O)(=O)CC1. The molecule has 1 aliphatic rings. The Morgan fingerprint density at radius 2 is 2.00 bits per heavy atom. The van der Waals surface area contributed by atoms with Crippen LogP contribution < -0.4 is 5.73 Å². The molecule has 1 aliphatic heterocycles. The van der Waals surface area contributed by atoms with Crippen LogP contribution in [0.3, 0.4) is 0 Å². The minimum absolute atomic E-state index is 0.0131. The lowest BCUT2D eigenvalue weighted by Crippen LogP contribution is -2.26. The Hall–Kier alpha value is -1.15. The zero-order valence-corrected chi connectivity index (χ0v) is 12.9. The smallest absolute Gasteiger partial charge is 0.201 e. The average Bonchev–Trinajstić information content (AvgIpc) is 2.66. The van der Waals surface area contributed by atoms with Gasteiger partial charge in [0.2, 0.25) is 5.95 Å². The van der Waals surface area contributed by atoms with Crippen LogP contribution in [-0.2, 0) is 9.84 Å². The van der Waals surface area contributed by atoms with Crippen LogP contribution in [0.25, 0.3) is 11.0 Å². The van der Waals surface area contributed by atoms with Crippen molar-refractivity contribution in [2.75, 3.05) is 17.2 Å². The number of nitrogen functional groups attached to an aromatic ring is 1. The van der Waals surface area contributed by atoms with E-state index in [-0.39, 0.29) is 17.5 Å². The van der Waals surface area contributed by atoms with Gasteiger partial charge in [0.05, 0.1) is 27.0 Å². The van der Waals surface area contributed by atoms with E-state index in [1.54, 1.807) is 6.07 Å². The first-order chi connectivity index (χ1) is 9.37. The molecule has 2 aromatic rings. The monoisotopic (exact) mass is 361 g/mol. The first-order valence-corrected chi connectivity index (χ1v) is 8.82. The van der Waals surface area contributed by atoms with Gasteiger partial charge in [-0.05, 0) is 34.8 Å². The molecule has 1 aromatic carbocycles. The van der Waals surface area contributed by atoms with Crippen molar-refractivity contribution in [1.82, 2.24) is 9.55 Å². The van der Waals surface area contributed by atoms with E-state index in [1.807, 2.05) is 4.57 Å². The maximum atomic E-state index is 13.5. The second kappa shape index (κ2) is 4.70. The normalized spacial score (nSPS) is 19.5. The molecule has 8 heteroatoms. The lowest BCUT2D eigenvalue weighted by atomic mass is 10.1.